The number of anilines is 1. The Labute approximate surface area is 123 Å². The highest BCUT2D eigenvalue weighted by atomic mass is 16.5. The van der Waals surface area contributed by atoms with Gasteiger partial charge in [-0.25, -0.2) is 4.90 Å². The molecule has 0 radical (unpaired) electrons. The number of methoxy groups -OCH3 is 2. The molecule has 5 heteroatoms. The molecule has 0 N–H and O–H groups in total. The molecular formula is C16H19NO4. The van der Waals surface area contributed by atoms with Gasteiger partial charge >= 0.3 is 0 Å². The highest BCUT2D eigenvalue weighted by molar-refractivity contribution is 6.22. The lowest BCUT2D eigenvalue weighted by molar-refractivity contribution is -0.122. The van der Waals surface area contributed by atoms with Crippen LogP contribution in [-0.2, 0) is 9.59 Å². The van der Waals surface area contributed by atoms with E-state index in [2.05, 4.69) is 0 Å². The minimum Gasteiger partial charge on any atom is -0.497 e. The first-order chi connectivity index (χ1) is 10.2. The molecule has 1 aliphatic carbocycles. The van der Waals surface area contributed by atoms with Crippen LogP contribution in [0.4, 0.5) is 5.69 Å². The fraction of sp³-hybridized carbons (Fsp3) is 0.500. The number of nitrogens with zero attached hydrogens (tertiary/aromatic N) is 1. The molecule has 1 heterocycles. The number of carbonyl (C=O) groups is 2. The van der Waals surface area contributed by atoms with Crippen LogP contribution in [0, 0.1) is 11.8 Å². The smallest absolute Gasteiger partial charge is 0.237 e. The minimum atomic E-state index is -0.165. The van der Waals surface area contributed by atoms with Crippen molar-refractivity contribution < 1.29 is 19.1 Å². The van der Waals surface area contributed by atoms with Crippen LogP contribution in [0.1, 0.15) is 25.7 Å². The van der Waals surface area contributed by atoms with Crippen LogP contribution in [0.5, 0.6) is 11.5 Å². The second-order valence-electron chi connectivity index (χ2n) is 5.55. The molecule has 1 aromatic carbocycles. The molecule has 2 amide bonds. The number of imide groups is 1. The van der Waals surface area contributed by atoms with E-state index >= 15 is 0 Å². The van der Waals surface area contributed by atoms with Gasteiger partial charge in [0.2, 0.25) is 11.8 Å². The Kier molecular flexibility index (Phi) is 3.57. The Morgan fingerprint density at radius 3 is 2.14 bits per heavy atom. The van der Waals surface area contributed by atoms with Crippen molar-refractivity contribution in [2.24, 2.45) is 11.8 Å². The molecule has 3 rings (SSSR count). The van der Waals surface area contributed by atoms with Crippen molar-refractivity contribution in [3.05, 3.63) is 18.2 Å². The molecule has 1 saturated carbocycles. The molecule has 1 aromatic rings. The lowest BCUT2D eigenvalue weighted by Gasteiger charge is -2.19. The van der Waals surface area contributed by atoms with Gasteiger partial charge in [0.05, 0.1) is 31.7 Å². The highest BCUT2D eigenvalue weighted by Crippen LogP contribution is 2.43. The number of hydrogen-bond donors (Lipinski definition) is 0. The molecule has 2 unspecified atom stereocenters. The van der Waals surface area contributed by atoms with E-state index in [0.717, 1.165) is 25.7 Å². The maximum Gasteiger partial charge on any atom is 0.237 e. The van der Waals surface area contributed by atoms with E-state index in [4.69, 9.17) is 9.47 Å². The van der Waals surface area contributed by atoms with Gasteiger partial charge < -0.3 is 9.47 Å². The number of rotatable bonds is 3. The quantitative estimate of drug-likeness (QED) is 0.802. The Hall–Kier alpha value is -2.04. The molecule has 0 aromatic heterocycles. The summed E-state index contributed by atoms with van der Waals surface area (Å²) in [5.41, 5.74) is 0.487. The summed E-state index contributed by atoms with van der Waals surface area (Å²) >= 11 is 0. The number of fused-ring (bicyclic) bond motifs is 1. The maximum absolute atomic E-state index is 12.6. The van der Waals surface area contributed by atoms with E-state index < -0.39 is 0 Å². The molecule has 2 fully saturated rings. The Balaban J connectivity index is 2.03. The maximum atomic E-state index is 12.6. The van der Waals surface area contributed by atoms with Crippen molar-refractivity contribution in [2.45, 2.75) is 25.7 Å². The van der Waals surface area contributed by atoms with Crippen LogP contribution >= 0.6 is 0 Å². The van der Waals surface area contributed by atoms with E-state index in [0.29, 0.717) is 17.2 Å². The van der Waals surface area contributed by atoms with Gasteiger partial charge in [-0.2, -0.15) is 0 Å². The van der Waals surface area contributed by atoms with Crippen molar-refractivity contribution in [2.75, 3.05) is 19.1 Å². The van der Waals surface area contributed by atoms with Crippen molar-refractivity contribution in [3.8, 4) is 11.5 Å². The Bertz CT molecular complexity index is 560. The van der Waals surface area contributed by atoms with Gasteiger partial charge in [0, 0.05) is 6.07 Å². The summed E-state index contributed by atoms with van der Waals surface area (Å²) in [5.74, 6) is 0.578. The van der Waals surface area contributed by atoms with Gasteiger partial charge in [-0.05, 0) is 25.0 Å². The summed E-state index contributed by atoms with van der Waals surface area (Å²) in [5, 5.41) is 0. The first kappa shape index (κ1) is 13.9. The van der Waals surface area contributed by atoms with Crippen LogP contribution < -0.4 is 14.4 Å². The van der Waals surface area contributed by atoms with E-state index in [-0.39, 0.29) is 23.7 Å². The molecule has 1 saturated heterocycles. The van der Waals surface area contributed by atoms with Gasteiger partial charge in [0.1, 0.15) is 11.5 Å². The van der Waals surface area contributed by atoms with Gasteiger partial charge in [-0.1, -0.05) is 12.8 Å². The van der Waals surface area contributed by atoms with Crippen molar-refractivity contribution in [3.63, 3.8) is 0 Å². The lowest BCUT2D eigenvalue weighted by Crippen LogP contribution is -2.31. The number of carbonyl (C=O) groups excluding carboxylic acids is 2. The van der Waals surface area contributed by atoms with Gasteiger partial charge in [0.15, 0.2) is 0 Å². The number of benzene rings is 1. The fourth-order valence-electron chi connectivity index (χ4n) is 3.37. The summed E-state index contributed by atoms with van der Waals surface area (Å²) in [6.45, 7) is 0. The number of ether oxygens (including phenoxy) is 2. The zero-order valence-electron chi connectivity index (χ0n) is 12.3. The van der Waals surface area contributed by atoms with Crippen LogP contribution in [0.2, 0.25) is 0 Å². The molecule has 5 nitrogen and oxygen atoms in total. The number of amides is 2. The van der Waals surface area contributed by atoms with Crippen LogP contribution in [0.15, 0.2) is 18.2 Å². The SMILES string of the molecule is COc1ccc(OC)c(N2C(=O)C3CCCCC3C2=O)c1. The van der Waals surface area contributed by atoms with Crippen molar-refractivity contribution in [1.82, 2.24) is 0 Å². The van der Waals surface area contributed by atoms with E-state index in [1.165, 1.54) is 12.0 Å². The number of hydrogen-bond acceptors (Lipinski definition) is 4. The average molecular weight is 289 g/mol. The summed E-state index contributed by atoms with van der Waals surface area (Å²) < 4.78 is 10.5. The predicted octanol–water partition coefficient (Wildman–Crippen LogP) is 2.38. The average Bonchev–Trinajstić information content (AvgIpc) is 2.78. The van der Waals surface area contributed by atoms with E-state index in [1.807, 2.05) is 0 Å². The third-order valence-corrected chi connectivity index (χ3v) is 4.47. The minimum absolute atomic E-state index is 0.101. The van der Waals surface area contributed by atoms with Crippen molar-refractivity contribution >= 4 is 17.5 Å². The third kappa shape index (κ3) is 2.17. The van der Waals surface area contributed by atoms with Crippen LogP contribution in [-0.4, -0.2) is 26.0 Å². The summed E-state index contributed by atoms with van der Waals surface area (Å²) in [4.78, 5) is 26.5. The monoisotopic (exact) mass is 289 g/mol. The zero-order valence-corrected chi connectivity index (χ0v) is 12.3. The van der Waals surface area contributed by atoms with Gasteiger partial charge in [-0.3, -0.25) is 9.59 Å². The standard InChI is InChI=1S/C16H19NO4/c1-20-10-7-8-14(21-2)13(9-10)17-15(18)11-5-3-4-6-12(11)16(17)19/h7-9,11-12H,3-6H2,1-2H3. The normalized spacial score (nSPS) is 25.0. The molecule has 0 spiro atoms. The van der Waals surface area contributed by atoms with Crippen LogP contribution in [0.3, 0.4) is 0 Å². The molecular weight excluding hydrogens is 270 g/mol. The third-order valence-electron chi connectivity index (χ3n) is 4.47. The summed E-state index contributed by atoms with van der Waals surface area (Å²) in [7, 11) is 3.09. The second-order valence-corrected chi connectivity index (χ2v) is 5.55. The second kappa shape index (κ2) is 5.39. The van der Waals surface area contributed by atoms with Gasteiger partial charge in [0.25, 0.3) is 0 Å². The molecule has 112 valence electrons. The summed E-state index contributed by atoms with van der Waals surface area (Å²) in [6, 6.07) is 5.16. The topological polar surface area (TPSA) is 55.8 Å². The molecule has 2 aliphatic rings. The van der Waals surface area contributed by atoms with Crippen molar-refractivity contribution in [1.29, 1.82) is 0 Å². The van der Waals surface area contributed by atoms with E-state index in [9.17, 15) is 9.59 Å². The zero-order chi connectivity index (χ0) is 15.0. The summed E-state index contributed by atoms with van der Waals surface area (Å²) in [6.07, 6.45) is 3.64. The lowest BCUT2D eigenvalue weighted by atomic mass is 9.81. The Morgan fingerprint density at radius 2 is 1.62 bits per heavy atom. The predicted molar refractivity (Wildman–Crippen MR) is 77.5 cm³/mol. The molecule has 21 heavy (non-hydrogen) atoms. The van der Waals surface area contributed by atoms with E-state index in [1.54, 1.807) is 25.3 Å². The Morgan fingerprint density at radius 1 is 1.00 bits per heavy atom. The largest absolute Gasteiger partial charge is 0.497 e. The molecule has 0 bridgehead atoms. The molecule has 2 atom stereocenters. The first-order valence-electron chi connectivity index (χ1n) is 7.27. The van der Waals surface area contributed by atoms with Gasteiger partial charge in [-0.15, -0.1) is 0 Å². The first-order valence-corrected chi connectivity index (χ1v) is 7.27. The molecule has 1 aliphatic heterocycles. The highest BCUT2D eigenvalue weighted by Gasteiger charge is 2.49. The van der Waals surface area contributed by atoms with Crippen LogP contribution in [0.25, 0.3) is 0 Å². The fourth-order valence-corrected chi connectivity index (χ4v) is 3.37.